The number of benzene rings is 2. The maximum Gasteiger partial charge on any atom is 0.416 e. The Morgan fingerprint density at radius 2 is 1.83 bits per heavy atom. The van der Waals surface area contributed by atoms with Crippen LogP contribution in [0, 0.1) is 0 Å². The average Bonchev–Trinajstić information content (AvgIpc) is 3.06. The third-order valence-corrected chi connectivity index (χ3v) is 4.07. The number of nitrogens with two attached hydrogens (primary N) is 1. The van der Waals surface area contributed by atoms with Crippen LogP contribution in [0.4, 0.5) is 29.5 Å². The van der Waals surface area contributed by atoms with Crippen LogP contribution >= 0.6 is 0 Å². The molecule has 2 aromatic carbocycles. The van der Waals surface area contributed by atoms with E-state index in [9.17, 15) is 22.8 Å². The van der Waals surface area contributed by atoms with Gasteiger partial charge in [-0.05, 0) is 35.9 Å². The molecule has 0 saturated heterocycles. The molecule has 1 heterocycles. The van der Waals surface area contributed by atoms with E-state index >= 15 is 0 Å². The monoisotopic (exact) mass is 419 g/mol. The molecule has 0 fully saturated rings. The van der Waals surface area contributed by atoms with Crippen molar-refractivity contribution in [2.24, 2.45) is 0 Å². The highest BCUT2D eigenvalue weighted by atomic mass is 19.4. The van der Waals surface area contributed by atoms with E-state index in [0.29, 0.717) is 5.56 Å². The molecule has 0 aliphatic rings. The summed E-state index contributed by atoms with van der Waals surface area (Å²) in [4.78, 5) is 22.9. The van der Waals surface area contributed by atoms with Crippen LogP contribution in [-0.4, -0.2) is 26.9 Å². The van der Waals surface area contributed by atoms with Crippen molar-refractivity contribution in [1.82, 2.24) is 15.1 Å². The third kappa shape index (κ3) is 4.87. The van der Waals surface area contributed by atoms with Crippen molar-refractivity contribution < 1.29 is 27.9 Å². The van der Waals surface area contributed by atoms with Gasteiger partial charge in [0.1, 0.15) is 0 Å². The summed E-state index contributed by atoms with van der Waals surface area (Å²) in [7, 11) is 0. The third-order valence-electron chi connectivity index (χ3n) is 4.07. The average molecular weight is 419 g/mol. The van der Waals surface area contributed by atoms with E-state index < -0.39 is 23.7 Å². The fraction of sp³-hybridized carbons (Fsp3) is 0.105. The number of carbonyl (C=O) groups excluding carboxylic acids is 1. The highest BCUT2D eigenvalue weighted by Crippen LogP contribution is 2.30. The molecular weight excluding hydrogens is 403 g/mol. The van der Waals surface area contributed by atoms with Crippen LogP contribution in [0.15, 0.2) is 54.7 Å². The highest BCUT2D eigenvalue weighted by molar-refractivity contribution is 6.05. The molecule has 8 nitrogen and oxygen atoms in total. The molecule has 0 radical (unpaired) electrons. The fourth-order valence-corrected chi connectivity index (χ4v) is 2.57. The first-order chi connectivity index (χ1) is 14.1. The van der Waals surface area contributed by atoms with Gasteiger partial charge in [-0.2, -0.15) is 13.2 Å². The van der Waals surface area contributed by atoms with Crippen molar-refractivity contribution in [2.45, 2.75) is 12.7 Å². The van der Waals surface area contributed by atoms with Crippen LogP contribution in [0.2, 0.25) is 0 Å². The van der Waals surface area contributed by atoms with Gasteiger partial charge in [-0.1, -0.05) is 18.2 Å². The zero-order valence-electron chi connectivity index (χ0n) is 15.3. The molecule has 2 amide bonds. The zero-order chi connectivity index (χ0) is 21.9. The maximum atomic E-state index is 12.9. The van der Waals surface area contributed by atoms with E-state index in [1.165, 1.54) is 30.5 Å². The van der Waals surface area contributed by atoms with E-state index in [1.807, 2.05) is 0 Å². The lowest BCUT2D eigenvalue weighted by atomic mass is 10.1. The first kappa shape index (κ1) is 20.7. The molecule has 11 heteroatoms. The predicted molar refractivity (Wildman–Crippen MR) is 102 cm³/mol. The van der Waals surface area contributed by atoms with Gasteiger partial charge in [-0.15, -0.1) is 5.10 Å². The Kier molecular flexibility index (Phi) is 5.63. The Hall–Kier alpha value is -4.02. The summed E-state index contributed by atoms with van der Waals surface area (Å²) >= 11 is 0. The van der Waals surface area contributed by atoms with E-state index in [-0.39, 0.29) is 29.3 Å². The molecular formula is C19H16F3N5O3. The molecule has 0 aliphatic heterocycles. The summed E-state index contributed by atoms with van der Waals surface area (Å²) in [6, 6.07) is 10.7. The minimum Gasteiger partial charge on any atom is -0.465 e. The maximum absolute atomic E-state index is 12.9. The lowest BCUT2D eigenvalue weighted by molar-refractivity contribution is -0.137. The van der Waals surface area contributed by atoms with Gasteiger partial charge in [0, 0.05) is 12.1 Å². The van der Waals surface area contributed by atoms with Crippen LogP contribution in [-0.2, 0) is 12.7 Å². The molecule has 5 N–H and O–H groups in total. The second-order valence-electron chi connectivity index (χ2n) is 6.24. The summed E-state index contributed by atoms with van der Waals surface area (Å²) in [5, 5.41) is 17.4. The molecule has 0 saturated carbocycles. The fourth-order valence-electron chi connectivity index (χ4n) is 2.57. The number of aromatic nitrogens is 2. The molecule has 0 spiro atoms. The number of carboxylic acid groups (broad SMARTS) is 1. The van der Waals surface area contributed by atoms with E-state index in [1.54, 1.807) is 12.1 Å². The number of nitrogen functional groups attached to an aromatic ring is 1. The normalized spacial score (nSPS) is 11.2. The molecule has 0 unspecified atom stereocenters. The molecule has 0 aliphatic carbocycles. The van der Waals surface area contributed by atoms with E-state index in [0.717, 1.165) is 16.8 Å². The lowest BCUT2D eigenvalue weighted by Crippen LogP contribution is -2.20. The Morgan fingerprint density at radius 3 is 2.47 bits per heavy atom. The largest absolute Gasteiger partial charge is 0.465 e. The topological polar surface area (TPSA) is 122 Å². The number of hydrogen-bond acceptors (Lipinski definition) is 4. The molecule has 3 aromatic rings. The Bertz CT molecular complexity index is 1080. The first-order valence-electron chi connectivity index (χ1n) is 8.53. The van der Waals surface area contributed by atoms with Crippen molar-refractivity contribution in [3.8, 4) is 5.69 Å². The summed E-state index contributed by atoms with van der Waals surface area (Å²) in [5.41, 5.74) is 6.13. The Morgan fingerprint density at radius 1 is 1.13 bits per heavy atom. The van der Waals surface area contributed by atoms with Crippen LogP contribution in [0.1, 0.15) is 21.5 Å². The van der Waals surface area contributed by atoms with Crippen LogP contribution in [0.25, 0.3) is 5.69 Å². The first-order valence-corrected chi connectivity index (χ1v) is 8.53. The number of anilines is 2. The van der Waals surface area contributed by atoms with Gasteiger partial charge in [-0.3, -0.25) is 4.79 Å². The van der Waals surface area contributed by atoms with Crippen LogP contribution in [0.5, 0.6) is 0 Å². The molecule has 0 atom stereocenters. The number of halogens is 3. The van der Waals surface area contributed by atoms with Crippen molar-refractivity contribution in [3.63, 3.8) is 0 Å². The molecule has 0 bridgehead atoms. The highest BCUT2D eigenvalue weighted by Gasteiger charge is 2.30. The van der Waals surface area contributed by atoms with Gasteiger partial charge >= 0.3 is 12.3 Å². The minimum absolute atomic E-state index is 0.00553. The smallest absolute Gasteiger partial charge is 0.416 e. The number of nitrogens with one attached hydrogen (secondary N) is 2. The van der Waals surface area contributed by atoms with Gasteiger partial charge in [0.25, 0.3) is 5.91 Å². The number of rotatable bonds is 5. The number of carbonyl (C=O) groups is 2. The van der Waals surface area contributed by atoms with Crippen LogP contribution < -0.4 is 16.4 Å². The molecule has 3 rings (SSSR count). The number of amides is 2. The standard InChI is InChI=1S/C19H16F3N5O3/c20-19(21,22)13-2-1-3-14(8-13)27-10-15(23)16(26-27)25-17(28)12-6-4-11(5-7-12)9-24-18(29)30/h1-8,10,24H,9,23H2,(H,29,30)(H,25,26,28). The van der Waals surface area contributed by atoms with Crippen molar-refractivity contribution >= 4 is 23.5 Å². The molecule has 30 heavy (non-hydrogen) atoms. The quantitative estimate of drug-likeness (QED) is 0.504. The second-order valence-corrected chi connectivity index (χ2v) is 6.24. The van der Waals surface area contributed by atoms with Gasteiger partial charge in [0.05, 0.1) is 23.1 Å². The SMILES string of the molecule is Nc1cn(-c2cccc(C(F)(F)F)c2)nc1NC(=O)c1ccc(CNC(=O)O)cc1. The van der Waals surface area contributed by atoms with Crippen molar-refractivity contribution in [3.05, 3.63) is 71.4 Å². The van der Waals surface area contributed by atoms with Crippen molar-refractivity contribution in [2.75, 3.05) is 11.1 Å². The Balaban J connectivity index is 1.74. The van der Waals surface area contributed by atoms with Gasteiger partial charge < -0.3 is 21.5 Å². The number of alkyl halides is 3. The predicted octanol–water partition coefficient (Wildman–Crippen LogP) is 3.49. The van der Waals surface area contributed by atoms with Gasteiger partial charge in [-0.25, -0.2) is 9.48 Å². The van der Waals surface area contributed by atoms with Gasteiger partial charge in [0.2, 0.25) is 0 Å². The zero-order valence-corrected chi connectivity index (χ0v) is 15.3. The van der Waals surface area contributed by atoms with Gasteiger partial charge in [0.15, 0.2) is 5.82 Å². The van der Waals surface area contributed by atoms with Crippen LogP contribution in [0.3, 0.4) is 0 Å². The Labute approximate surface area is 168 Å². The number of hydrogen-bond donors (Lipinski definition) is 4. The molecule has 1 aromatic heterocycles. The van der Waals surface area contributed by atoms with E-state index in [4.69, 9.17) is 10.8 Å². The summed E-state index contributed by atoms with van der Waals surface area (Å²) in [6.45, 7) is 0.0889. The minimum atomic E-state index is -4.50. The van der Waals surface area contributed by atoms with E-state index in [2.05, 4.69) is 15.7 Å². The summed E-state index contributed by atoms with van der Waals surface area (Å²) < 4.78 is 39.8. The summed E-state index contributed by atoms with van der Waals surface area (Å²) in [5.74, 6) is -0.539. The number of nitrogens with zero attached hydrogens (tertiary/aromatic N) is 2. The lowest BCUT2D eigenvalue weighted by Gasteiger charge is -2.08. The van der Waals surface area contributed by atoms with Crippen molar-refractivity contribution in [1.29, 1.82) is 0 Å². The summed E-state index contributed by atoms with van der Waals surface area (Å²) in [6.07, 6.45) is -4.37. The second kappa shape index (κ2) is 8.15. The molecule has 156 valence electrons.